The minimum atomic E-state index is -4.59. The number of hydrogen-bond acceptors (Lipinski definition) is 3. The number of hydrogen-bond donors (Lipinski definition) is 0. The zero-order valence-electron chi connectivity index (χ0n) is 11.6. The fraction of sp³-hybridized carbons (Fsp3) is 0.308. The van der Waals surface area contributed by atoms with Crippen LogP contribution in [0.1, 0.15) is 29.0 Å². The van der Waals surface area contributed by atoms with E-state index in [1.54, 1.807) is 10.9 Å². The molecule has 0 N–H and O–H groups in total. The lowest BCUT2D eigenvalue weighted by Gasteiger charge is -2.31. The first-order valence-electron chi connectivity index (χ1n) is 6.48. The molecule has 3 rings (SSSR count). The highest BCUT2D eigenvalue weighted by molar-refractivity contribution is 14.1. The minimum absolute atomic E-state index is 0.0862. The quantitative estimate of drug-likeness (QED) is 0.485. The molecule has 0 aliphatic carbocycles. The predicted octanol–water partition coefficient (Wildman–Crippen LogP) is 3.78. The van der Waals surface area contributed by atoms with Crippen molar-refractivity contribution >= 4 is 45.9 Å². The maximum atomic E-state index is 12.8. The number of nitrogens with zero attached hydrogens (tertiary/aromatic N) is 4. The van der Waals surface area contributed by atoms with Crippen molar-refractivity contribution in [3.8, 4) is 0 Å². The van der Waals surface area contributed by atoms with Crippen LogP contribution in [-0.2, 0) is 6.18 Å². The Labute approximate surface area is 147 Å². The first-order chi connectivity index (χ1) is 10.7. The highest BCUT2D eigenvalue weighted by atomic mass is 127. The molecule has 0 saturated carbocycles. The summed E-state index contributed by atoms with van der Waals surface area (Å²) in [5, 5.41) is 3.47. The maximum absolute atomic E-state index is 12.8. The summed E-state index contributed by atoms with van der Waals surface area (Å²) in [6, 6.07) is 1.85. The summed E-state index contributed by atoms with van der Waals surface area (Å²) in [6.45, 7) is 2.11. The number of pyridine rings is 1. The molecule has 1 atom stereocenters. The van der Waals surface area contributed by atoms with Crippen LogP contribution >= 0.6 is 34.2 Å². The molecular weight excluding hydrogens is 448 g/mol. The van der Waals surface area contributed by atoms with Crippen LogP contribution in [0, 0.1) is 3.57 Å². The van der Waals surface area contributed by atoms with Crippen LogP contribution in [0.3, 0.4) is 0 Å². The van der Waals surface area contributed by atoms with E-state index >= 15 is 0 Å². The lowest BCUT2D eigenvalue weighted by atomic mass is 10.2. The van der Waals surface area contributed by atoms with E-state index in [9.17, 15) is 18.0 Å². The van der Waals surface area contributed by atoms with E-state index < -0.39 is 16.9 Å². The van der Waals surface area contributed by atoms with Gasteiger partial charge in [0.15, 0.2) is 0 Å². The Bertz CT molecular complexity index is 792. The van der Waals surface area contributed by atoms with Crippen molar-refractivity contribution in [2.75, 3.05) is 11.4 Å². The highest BCUT2D eigenvalue weighted by Crippen LogP contribution is 2.35. The standard InChI is InChI=1S/C13H9ClF3IN4O/c1-6-5-21(12(23)10-8(18)4-19-22(6)10)9-3-2-7(11(14)20-9)13(15,16)17/h2-4,6H,5H2,1H3/t6-/m0/s1. The third-order valence-electron chi connectivity index (χ3n) is 3.48. The maximum Gasteiger partial charge on any atom is 0.419 e. The number of alkyl halides is 3. The van der Waals surface area contributed by atoms with Crippen LogP contribution in [0.2, 0.25) is 5.15 Å². The molecule has 0 radical (unpaired) electrons. The molecule has 0 aromatic carbocycles. The SMILES string of the molecule is C[C@H]1CN(c2ccc(C(F)(F)F)c(Cl)n2)C(=O)c2c(I)cnn21. The summed E-state index contributed by atoms with van der Waals surface area (Å²) in [5.74, 6) is -0.281. The number of amides is 1. The minimum Gasteiger partial charge on any atom is -0.289 e. The Morgan fingerprint density at radius 2 is 2.09 bits per heavy atom. The van der Waals surface area contributed by atoms with Crippen molar-refractivity contribution in [2.45, 2.75) is 19.1 Å². The molecule has 0 saturated heterocycles. The normalized spacial score (nSPS) is 18.3. The second kappa shape index (κ2) is 5.62. The molecule has 122 valence electrons. The monoisotopic (exact) mass is 456 g/mol. The molecule has 0 fully saturated rings. The molecule has 23 heavy (non-hydrogen) atoms. The smallest absolute Gasteiger partial charge is 0.289 e. The fourth-order valence-electron chi connectivity index (χ4n) is 2.41. The van der Waals surface area contributed by atoms with Gasteiger partial charge in [-0.1, -0.05) is 11.6 Å². The summed E-state index contributed by atoms with van der Waals surface area (Å²) in [6.07, 6.45) is -3.02. The van der Waals surface area contributed by atoms with E-state index in [0.717, 1.165) is 12.1 Å². The van der Waals surface area contributed by atoms with Gasteiger partial charge < -0.3 is 0 Å². The zero-order valence-corrected chi connectivity index (χ0v) is 14.5. The number of carbonyl (C=O) groups is 1. The van der Waals surface area contributed by atoms with E-state index in [2.05, 4.69) is 10.1 Å². The molecule has 0 spiro atoms. The third kappa shape index (κ3) is 2.80. The largest absolute Gasteiger partial charge is 0.419 e. The van der Waals surface area contributed by atoms with Crippen LogP contribution < -0.4 is 4.90 Å². The Morgan fingerprint density at radius 1 is 1.39 bits per heavy atom. The van der Waals surface area contributed by atoms with E-state index in [-0.39, 0.29) is 24.3 Å². The van der Waals surface area contributed by atoms with E-state index in [1.165, 1.54) is 4.90 Å². The van der Waals surface area contributed by atoms with Gasteiger partial charge in [-0.05, 0) is 41.6 Å². The van der Waals surface area contributed by atoms with Gasteiger partial charge in [0.25, 0.3) is 5.91 Å². The number of aromatic nitrogens is 3. The van der Waals surface area contributed by atoms with Crippen LogP contribution in [-0.4, -0.2) is 27.2 Å². The van der Waals surface area contributed by atoms with Gasteiger partial charge in [0.2, 0.25) is 0 Å². The van der Waals surface area contributed by atoms with Gasteiger partial charge in [0.05, 0.1) is 21.4 Å². The lowest BCUT2D eigenvalue weighted by molar-refractivity contribution is -0.137. The Kier molecular flexibility index (Phi) is 4.03. The Balaban J connectivity index is 2.02. The van der Waals surface area contributed by atoms with E-state index in [4.69, 9.17) is 11.6 Å². The molecular formula is C13H9ClF3IN4O. The average molecular weight is 457 g/mol. The van der Waals surface area contributed by atoms with Gasteiger partial charge in [-0.25, -0.2) is 4.98 Å². The predicted molar refractivity (Wildman–Crippen MR) is 85.6 cm³/mol. The molecule has 5 nitrogen and oxygen atoms in total. The molecule has 2 aromatic rings. The summed E-state index contributed by atoms with van der Waals surface area (Å²) in [4.78, 5) is 17.7. The third-order valence-corrected chi connectivity index (χ3v) is 4.56. The van der Waals surface area contributed by atoms with Crippen LogP contribution in [0.15, 0.2) is 18.3 Å². The molecule has 3 heterocycles. The second-order valence-electron chi connectivity index (χ2n) is 5.06. The van der Waals surface area contributed by atoms with Crippen molar-refractivity contribution in [1.82, 2.24) is 14.8 Å². The van der Waals surface area contributed by atoms with Gasteiger partial charge in [0, 0.05) is 6.54 Å². The first-order valence-corrected chi connectivity index (χ1v) is 7.94. The number of carbonyl (C=O) groups excluding carboxylic acids is 1. The van der Waals surface area contributed by atoms with Crippen molar-refractivity contribution in [3.05, 3.63) is 38.3 Å². The van der Waals surface area contributed by atoms with E-state index in [0.29, 0.717) is 9.26 Å². The Hall–Kier alpha value is -1.36. The van der Waals surface area contributed by atoms with Crippen LogP contribution in [0.4, 0.5) is 19.0 Å². The first kappa shape index (κ1) is 16.5. The molecule has 2 aromatic heterocycles. The van der Waals surface area contributed by atoms with Crippen LogP contribution in [0.25, 0.3) is 0 Å². The molecule has 1 amide bonds. The van der Waals surface area contributed by atoms with Gasteiger partial charge in [-0.3, -0.25) is 14.4 Å². The van der Waals surface area contributed by atoms with Gasteiger partial charge in [-0.15, -0.1) is 0 Å². The Morgan fingerprint density at radius 3 is 2.70 bits per heavy atom. The number of anilines is 1. The van der Waals surface area contributed by atoms with Crippen molar-refractivity contribution in [1.29, 1.82) is 0 Å². The average Bonchev–Trinajstić information content (AvgIpc) is 2.84. The van der Waals surface area contributed by atoms with Crippen molar-refractivity contribution < 1.29 is 18.0 Å². The molecule has 10 heteroatoms. The van der Waals surface area contributed by atoms with Gasteiger partial charge >= 0.3 is 6.18 Å². The highest BCUT2D eigenvalue weighted by Gasteiger charge is 2.36. The van der Waals surface area contributed by atoms with Crippen molar-refractivity contribution in [3.63, 3.8) is 0 Å². The zero-order chi connectivity index (χ0) is 16.9. The number of halogens is 5. The van der Waals surface area contributed by atoms with E-state index in [1.807, 2.05) is 29.5 Å². The molecule has 1 aliphatic rings. The van der Waals surface area contributed by atoms with Gasteiger partial charge in [-0.2, -0.15) is 18.3 Å². The summed E-state index contributed by atoms with van der Waals surface area (Å²) >= 11 is 7.63. The molecule has 0 unspecified atom stereocenters. The molecule has 0 bridgehead atoms. The number of fused-ring (bicyclic) bond motifs is 1. The second-order valence-corrected chi connectivity index (χ2v) is 6.58. The summed E-state index contributed by atoms with van der Waals surface area (Å²) in [5.41, 5.74) is -0.637. The van der Waals surface area contributed by atoms with Crippen molar-refractivity contribution in [2.24, 2.45) is 0 Å². The number of rotatable bonds is 1. The van der Waals surface area contributed by atoms with Gasteiger partial charge in [0.1, 0.15) is 16.7 Å². The fourth-order valence-corrected chi connectivity index (χ4v) is 3.27. The summed E-state index contributed by atoms with van der Waals surface area (Å²) in [7, 11) is 0. The topological polar surface area (TPSA) is 51.0 Å². The van der Waals surface area contributed by atoms with Crippen LogP contribution in [0.5, 0.6) is 0 Å². The molecule has 1 aliphatic heterocycles. The summed E-state index contributed by atoms with van der Waals surface area (Å²) < 4.78 is 40.5. The lowest BCUT2D eigenvalue weighted by Crippen LogP contribution is -2.43.